The SMILES string of the molecule is Cc1nc2c3c(C)c(C)sc3nc(NCC3CCCO3)n2n1. The van der Waals surface area contributed by atoms with Crippen molar-refractivity contribution in [3.63, 3.8) is 0 Å². The molecule has 1 fully saturated rings. The highest BCUT2D eigenvalue weighted by molar-refractivity contribution is 7.18. The van der Waals surface area contributed by atoms with E-state index >= 15 is 0 Å². The van der Waals surface area contributed by atoms with Crippen LogP contribution in [0.15, 0.2) is 0 Å². The summed E-state index contributed by atoms with van der Waals surface area (Å²) in [6, 6.07) is 0. The van der Waals surface area contributed by atoms with Gasteiger partial charge in [0.1, 0.15) is 10.7 Å². The number of nitrogens with zero attached hydrogens (tertiary/aromatic N) is 4. The van der Waals surface area contributed by atoms with Gasteiger partial charge < -0.3 is 10.1 Å². The molecule has 3 aromatic heterocycles. The largest absolute Gasteiger partial charge is 0.376 e. The topological polar surface area (TPSA) is 64.3 Å². The Hall–Kier alpha value is -1.73. The Morgan fingerprint density at radius 2 is 2.18 bits per heavy atom. The lowest BCUT2D eigenvalue weighted by atomic mass is 10.2. The zero-order valence-corrected chi connectivity index (χ0v) is 13.8. The van der Waals surface area contributed by atoms with Crippen LogP contribution in [0.1, 0.15) is 29.1 Å². The number of hydrogen-bond donors (Lipinski definition) is 1. The second-order valence-corrected chi connectivity index (χ2v) is 7.01. The number of hydrogen-bond acceptors (Lipinski definition) is 6. The third-order valence-corrected chi connectivity index (χ3v) is 5.32. The highest BCUT2D eigenvalue weighted by Gasteiger charge is 2.19. The second kappa shape index (κ2) is 5.17. The van der Waals surface area contributed by atoms with Crippen LogP contribution in [0.2, 0.25) is 0 Å². The van der Waals surface area contributed by atoms with Gasteiger partial charge in [0.15, 0.2) is 5.65 Å². The Kier molecular flexibility index (Phi) is 3.27. The molecule has 4 rings (SSSR count). The maximum absolute atomic E-state index is 5.67. The number of fused-ring (bicyclic) bond motifs is 3. The molecule has 1 atom stereocenters. The second-order valence-electron chi connectivity index (χ2n) is 5.81. The van der Waals surface area contributed by atoms with E-state index in [0.29, 0.717) is 0 Å². The molecule has 0 spiro atoms. The van der Waals surface area contributed by atoms with Crippen LogP contribution in [0, 0.1) is 20.8 Å². The van der Waals surface area contributed by atoms with E-state index in [9.17, 15) is 0 Å². The van der Waals surface area contributed by atoms with E-state index < -0.39 is 0 Å². The molecule has 0 radical (unpaired) electrons. The van der Waals surface area contributed by atoms with Gasteiger partial charge in [-0.2, -0.15) is 4.52 Å². The molecule has 0 saturated carbocycles. The van der Waals surface area contributed by atoms with Crippen LogP contribution >= 0.6 is 11.3 Å². The average molecular weight is 317 g/mol. The maximum Gasteiger partial charge on any atom is 0.227 e. The normalized spacial score (nSPS) is 18.6. The molecular weight excluding hydrogens is 298 g/mol. The first-order chi connectivity index (χ1) is 10.6. The van der Waals surface area contributed by atoms with Gasteiger partial charge in [-0.25, -0.2) is 9.97 Å². The molecule has 1 N–H and O–H groups in total. The fourth-order valence-corrected chi connectivity index (χ4v) is 3.97. The van der Waals surface area contributed by atoms with Gasteiger partial charge in [0.05, 0.1) is 11.5 Å². The van der Waals surface area contributed by atoms with Crippen LogP contribution in [-0.4, -0.2) is 38.8 Å². The Bertz CT molecular complexity index is 847. The Morgan fingerprint density at radius 3 is 2.95 bits per heavy atom. The smallest absolute Gasteiger partial charge is 0.227 e. The van der Waals surface area contributed by atoms with Crippen molar-refractivity contribution in [2.75, 3.05) is 18.5 Å². The zero-order valence-electron chi connectivity index (χ0n) is 13.0. The van der Waals surface area contributed by atoms with E-state index in [1.165, 1.54) is 10.4 Å². The molecule has 1 aliphatic rings. The zero-order chi connectivity index (χ0) is 15.3. The first-order valence-corrected chi connectivity index (χ1v) is 8.43. The lowest BCUT2D eigenvalue weighted by Gasteiger charge is -2.12. The number of aryl methyl sites for hydroxylation is 3. The van der Waals surface area contributed by atoms with Crippen LogP contribution in [0.4, 0.5) is 5.95 Å². The van der Waals surface area contributed by atoms with E-state index in [1.54, 1.807) is 11.3 Å². The third-order valence-electron chi connectivity index (χ3n) is 4.22. The summed E-state index contributed by atoms with van der Waals surface area (Å²) >= 11 is 1.71. The molecule has 116 valence electrons. The molecule has 6 nitrogen and oxygen atoms in total. The molecule has 1 unspecified atom stereocenters. The van der Waals surface area contributed by atoms with Gasteiger partial charge in [-0.3, -0.25) is 0 Å². The van der Waals surface area contributed by atoms with Gasteiger partial charge in [0.2, 0.25) is 5.95 Å². The van der Waals surface area contributed by atoms with Crippen molar-refractivity contribution in [1.82, 2.24) is 19.6 Å². The Balaban J connectivity index is 1.81. The summed E-state index contributed by atoms with van der Waals surface area (Å²) in [5.41, 5.74) is 2.13. The highest BCUT2D eigenvalue weighted by Crippen LogP contribution is 2.32. The lowest BCUT2D eigenvalue weighted by molar-refractivity contribution is 0.120. The maximum atomic E-state index is 5.67. The molecule has 22 heavy (non-hydrogen) atoms. The first kappa shape index (κ1) is 13.9. The number of aromatic nitrogens is 4. The summed E-state index contributed by atoms with van der Waals surface area (Å²) in [5, 5.41) is 9.01. The molecule has 4 heterocycles. The monoisotopic (exact) mass is 317 g/mol. The predicted molar refractivity (Wildman–Crippen MR) is 87.8 cm³/mol. The summed E-state index contributed by atoms with van der Waals surface area (Å²) in [6.45, 7) is 7.79. The van der Waals surface area contributed by atoms with Gasteiger partial charge in [0, 0.05) is 18.0 Å². The minimum absolute atomic E-state index is 0.268. The van der Waals surface area contributed by atoms with Crippen molar-refractivity contribution in [3.05, 3.63) is 16.3 Å². The number of thiophene rings is 1. The lowest BCUT2D eigenvalue weighted by Crippen LogP contribution is -2.20. The van der Waals surface area contributed by atoms with Gasteiger partial charge in [-0.05, 0) is 39.2 Å². The molecule has 1 saturated heterocycles. The van der Waals surface area contributed by atoms with E-state index in [1.807, 2.05) is 11.4 Å². The van der Waals surface area contributed by atoms with Crippen LogP contribution in [0.25, 0.3) is 15.9 Å². The van der Waals surface area contributed by atoms with Crippen molar-refractivity contribution in [2.45, 2.75) is 39.7 Å². The minimum Gasteiger partial charge on any atom is -0.376 e. The van der Waals surface area contributed by atoms with E-state index in [2.05, 4.69) is 29.2 Å². The number of ether oxygens (including phenoxy) is 1. The highest BCUT2D eigenvalue weighted by atomic mass is 32.1. The number of anilines is 1. The Morgan fingerprint density at radius 1 is 1.32 bits per heavy atom. The van der Waals surface area contributed by atoms with Crippen molar-refractivity contribution in [3.8, 4) is 0 Å². The first-order valence-electron chi connectivity index (χ1n) is 7.62. The van der Waals surface area contributed by atoms with Crippen LogP contribution in [0.3, 0.4) is 0 Å². The average Bonchev–Trinajstić information content (AvgIpc) is 3.17. The molecule has 0 bridgehead atoms. The number of nitrogens with one attached hydrogen (secondary N) is 1. The molecule has 1 aliphatic heterocycles. The van der Waals surface area contributed by atoms with Crippen LogP contribution in [0.5, 0.6) is 0 Å². The van der Waals surface area contributed by atoms with Crippen molar-refractivity contribution < 1.29 is 4.74 Å². The summed E-state index contributed by atoms with van der Waals surface area (Å²) in [5.74, 6) is 1.51. The number of rotatable bonds is 3. The third kappa shape index (κ3) is 2.16. The van der Waals surface area contributed by atoms with Gasteiger partial charge in [-0.1, -0.05) is 0 Å². The molecule has 0 aliphatic carbocycles. The molecule has 7 heteroatoms. The fraction of sp³-hybridized carbons (Fsp3) is 0.533. The predicted octanol–water partition coefficient (Wildman–Crippen LogP) is 2.86. The van der Waals surface area contributed by atoms with Gasteiger partial charge in [-0.15, -0.1) is 16.4 Å². The summed E-state index contributed by atoms with van der Waals surface area (Å²) in [4.78, 5) is 11.7. The molecule has 0 aromatic carbocycles. The van der Waals surface area contributed by atoms with Crippen LogP contribution < -0.4 is 5.32 Å². The van der Waals surface area contributed by atoms with Crippen molar-refractivity contribution >= 4 is 33.1 Å². The summed E-state index contributed by atoms with van der Waals surface area (Å²) in [7, 11) is 0. The van der Waals surface area contributed by atoms with E-state index in [4.69, 9.17) is 9.72 Å². The molecule has 0 amide bonds. The fourth-order valence-electron chi connectivity index (χ4n) is 2.94. The van der Waals surface area contributed by atoms with E-state index in [-0.39, 0.29) is 6.10 Å². The van der Waals surface area contributed by atoms with Crippen molar-refractivity contribution in [2.24, 2.45) is 0 Å². The quantitative estimate of drug-likeness (QED) is 0.805. The van der Waals surface area contributed by atoms with Crippen LogP contribution in [-0.2, 0) is 4.74 Å². The standard InChI is InChI=1S/C15H19N5OS/c1-8-9(2)22-14-12(8)13-17-10(3)19-20(13)15(18-14)16-7-11-5-4-6-21-11/h11H,4-7H2,1-3H3,(H,16,18). The summed E-state index contributed by atoms with van der Waals surface area (Å²) in [6.07, 6.45) is 2.51. The van der Waals surface area contributed by atoms with Crippen molar-refractivity contribution in [1.29, 1.82) is 0 Å². The van der Waals surface area contributed by atoms with Gasteiger partial charge >= 0.3 is 0 Å². The Labute approximate surface area is 132 Å². The van der Waals surface area contributed by atoms with Gasteiger partial charge in [0.25, 0.3) is 0 Å². The minimum atomic E-state index is 0.268. The molecular formula is C15H19N5OS. The summed E-state index contributed by atoms with van der Waals surface area (Å²) < 4.78 is 7.49. The molecule has 3 aromatic rings. The van der Waals surface area contributed by atoms with E-state index in [0.717, 1.165) is 53.6 Å².